The molecule has 2 rings (SSSR count). The van der Waals surface area contributed by atoms with Gasteiger partial charge in [-0.1, -0.05) is 53.5 Å². The van der Waals surface area contributed by atoms with Crippen molar-refractivity contribution in [1.29, 1.82) is 0 Å². The van der Waals surface area contributed by atoms with Crippen LogP contribution in [0.25, 0.3) is 0 Å². The Morgan fingerprint density at radius 3 is 2.86 bits per heavy atom. The molecule has 118 valence electrons. The van der Waals surface area contributed by atoms with E-state index in [9.17, 15) is 0 Å². The van der Waals surface area contributed by atoms with E-state index in [1.165, 1.54) is 6.20 Å². The second kappa shape index (κ2) is 7.67. The first-order chi connectivity index (χ1) is 10.5. The van der Waals surface area contributed by atoms with E-state index >= 15 is 0 Å². The van der Waals surface area contributed by atoms with E-state index in [1.54, 1.807) is 18.2 Å². The van der Waals surface area contributed by atoms with Gasteiger partial charge in [0.2, 0.25) is 0 Å². The number of benzene rings is 1. The molecular formula is C14H14Cl2N2O3S. The lowest BCUT2D eigenvalue weighted by Gasteiger charge is -2.10. The standard InChI is InChI=1S/C14H14Cl2N2O3S/c1-8(2)7-20-9-3-4-11(10(15)5-9)21-14-17-6-12(22-14)13(16)18-19/h3-6,8,19H,7H2,1-2H3/b18-13-. The summed E-state index contributed by atoms with van der Waals surface area (Å²) in [6, 6.07) is 5.18. The van der Waals surface area contributed by atoms with Crippen molar-refractivity contribution in [3.05, 3.63) is 34.3 Å². The maximum atomic E-state index is 8.61. The van der Waals surface area contributed by atoms with E-state index in [-0.39, 0.29) is 5.17 Å². The molecule has 2 aromatic rings. The molecule has 0 saturated heterocycles. The van der Waals surface area contributed by atoms with Gasteiger partial charge in [0.25, 0.3) is 5.19 Å². The Hall–Kier alpha value is -1.50. The smallest absolute Gasteiger partial charge is 0.279 e. The molecule has 0 spiro atoms. The summed E-state index contributed by atoms with van der Waals surface area (Å²) in [7, 11) is 0. The van der Waals surface area contributed by atoms with Crippen molar-refractivity contribution in [2.75, 3.05) is 6.61 Å². The number of oxime groups is 1. The van der Waals surface area contributed by atoms with Crippen LogP contribution in [0, 0.1) is 5.92 Å². The summed E-state index contributed by atoms with van der Waals surface area (Å²) in [4.78, 5) is 4.53. The van der Waals surface area contributed by atoms with E-state index in [4.69, 9.17) is 37.9 Å². The van der Waals surface area contributed by atoms with Gasteiger partial charge in [0.05, 0.1) is 22.7 Å². The summed E-state index contributed by atoms with van der Waals surface area (Å²) in [5, 5.41) is 12.2. The second-order valence-corrected chi connectivity index (χ2v) is 6.54. The van der Waals surface area contributed by atoms with Crippen LogP contribution in [-0.4, -0.2) is 22.0 Å². The molecule has 1 aromatic heterocycles. The van der Waals surface area contributed by atoms with Gasteiger partial charge in [0.1, 0.15) is 11.5 Å². The number of hydrogen-bond acceptors (Lipinski definition) is 6. The molecule has 0 radical (unpaired) electrons. The quantitative estimate of drug-likeness (QED) is 0.447. The van der Waals surface area contributed by atoms with Crippen LogP contribution in [-0.2, 0) is 0 Å². The van der Waals surface area contributed by atoms with Crippen molar-refractivity contribution < 1.29 is 14.7 Å². The molecule has 1 heterocycles. The molecule has 0 unspecified atom stereocenters. The highest BCUT2D eigenvalue weighted by Crippen LogP contribution is 2.34. The number of nitrogens with zero attached hydrogens (tertiary/aromatic N) is 2. The first kappa shape index (κ1) is 16.9. The molecule has 0 atom stereocenters. The molecule has 8 heteroatoms. The lowest BCUT2D eigenvalue weighted by molar-refractivity contribution is 0.271. The summed E-state index contributed by atoms with van der Waals surface area (Å²) in [5.41, 5.74) is 0. The van der Waals surface area contributed by atoms with Gasteiger partial charge in [-0.3, -0.25) is 0 Å². The number of halogens is 2. The van der Waals surface area contributed by atoms with E-state index in [0.29, 0.717) is 39.1 Å². The molecule has 1 aromatic carbocycles. The zero-order valence-electron chi connectivity index (χ0n) is 11.9. The van der Waals surface area contributed by atoms with Crippen molar-refractivity contribution in [3.63, 3.8) is 0 Å². The van der Waals surface area contributed by atoms with E-state index in [1.807, 2.05) is 0 Å². The molecule has 0 aliphatic heterocycles. The van der Waals surface area contributed by atoms with Crippen LogP contribution in [0.15, 0.2) is 29.6 Å². The highest BCUT2D eigenvalue weighted by Gasteiger charge is 2.11. The Morgan fingerprint density at radius 2 is 2.23 bits per heavy atom. The van der Waals surface area contributed by atoms with Gasteiger partial charge in [-0.05, 0) is 18.1 Å². The van der Waals surface area contributed by atoms with Gasteiger partial charge in [-0.25, -0.2) is 4.98 Å². The molecule has 0 aliphatic carbocycles. The van der Waals surface area contributed by atoms with Crippen molar-refractivity contribution >= 4 is 39.7 Å². The van der Waals surface area contributed by atoms with Crippen molar-refractivity contribution in [2.24, 2.45) is 11.1 Å². The summed E-state index contributed by atoms with van der Waals surface area (Å²) in [5.74, 6) is 1.57. The minimum absolute atomic E-state index is 0.0455. The normalized spacial score (nSPS) is 11.8. The summed E-state index contributed by atoms with van der Waals surface area (Å²) in [6.07, 6.45) is 1.45. The van der Waals surface area contributed by atoms with Crippen LogP contribution < -0.4 is 9.47 Å². The maximum Gasteiger partial charge on any atom is 0.279 e. The number of rotatable bonds is 6. The number of ether oxygens (including phenoxy) is 2. The van der Waals surface area contributed by atoms with Crippen molar-refractivity contribution in [1.82, 2.24) is 4.98 Å². The summed E-state index contributed by atoms with van der Waals surface area (Å²) >= 11 is 13.0. The Balaban J connectivity index is 2.08. The van der Waals surface area contributed by atoms with Gasteiger partial charge in [-0.15, -0.1) is 0 Å². The molecule has 22 heavy (non-hydrogen) atoms. The van der Waals surface area contributed by atoms with Gasteiger partial charge >= 0.3 is 0 Å². The fourth-order valence-electron chi connectivity index (χ4n) is 1.46. The summed E-state index contributed by atoms with van der Waals surface area (Å²) in [6.45, 7) is 4.76. The van der Waals surface area contributed by atoms with E-state index in [0.717, 1.165) is 11.3 Å². The average Bonchev–Trinajstić information content (AvgIpc) is 2.95. The van der Waals surface area contributed by atoms with E-state index in [2.05, 4.69) is 24.0 Å². The Kier molecular flexibility index (Phi) is 5.88. The molecule has 0 bridgehead atoms. The third-order valence-corrected chi connectivity index (χ3v) is 4.03. The fourth-order valence-corrected chi connectivity index (χ4v) is 2.49. The Morgan fingerprint density at radius 1 is 1.45 bits per heavy atom. The highest BCUT2D eigenvalue weighted by molar-refractivity contribution is 7.17. The van der Waals surface area contributed by atoms with Crippen LogP contribution in [0.3, 0.4) is 0 Å². The average molecular weight is 361 g/mol. The maximum absolute atomic E-state index is 8.61. The Labute approximate surface area is 142 Å². The molecule has 0 fully saturated rings. The zero-order chi connectivity index (χ0) is 16.1. The molecule has 0 saturated carbocycles. The van der Waals surface area contributed by atoms with Gasteiger partial charge in [0.15, 0.2) is 5.17 Å². The number of hydrogen-bond donors (Lipinski definition) is 1. The molecule has 0 amide bonds. The highest BCUT2D eigenvalue weighted by atomic mass is 35.5. The molecular weight excluding hydrogens is 347 g/mol. The van der Waals surface area contributed by atoms with Gasteiger partial charge in [0, 0.05) is 6.07 Å². The van der Waals surface area contributed by atoms with Crippen LogP contribution >= 0.6 is 34.5 Å². The monoisotopic (exact) mass is 360 g/mol. The van der Waals surface area contributed by atoms with E-state index < -0.39 is 0 Å². The summed E-state index contributed by atoms with van der Waals surface area (Å²) < 4.78 is 11.2. The largest absolute Gasteiger partial charge is 0.493 e. The molecule has 1 N–H and O–H groups in total. The molecule has 0 aliphatic rings. The minimum atomic E-state index is -0.0455. The second-order valence-electron chi connectivity index (χ2n) is 4.78. The number of thiazole rings is 1. The third kappa shape index (κ3) is 4.50. The molecule has 5 nitrogen and oxygen atoms in total. The first-order valence-corrected chi connectivity index (χ1v) is 8.00. The lowest BCUT2D eigenvalue weighted by Crippen LogP contribution is -2.04. The lowest BCUT2D eigenvalue weighted by atomic mass is 10.2. The minimum Gasteiger partial charge on any atom is -0.493 e. The zero-order valence-corrected chi connectivity index (χ0v) is 14.2. The SMILES string of the molecule is CC(C)COc1ccc(Oc2ncc(/C(Cl)=N/O)s2)c(Cl)c1. The number of aromatic nitrogens is 1. The first-order valence-electron chi connectivity index (χ1n) is 6.43. The third-order valence-electron chi connectivity index (χ3n) is 2.46. The van der Waals surface area contributed by atoms with Crippen molar-refractivity contribution in [2.45, 2.75) is 13.8 Å². The van der Waals surface area contributed by atoms with Crippen LogP contribution in [0.2, 0.25) is 5.02 Å². The topological polar surface area (TPSA) is 63.9 Å². The van der Waals surface area contributed by atoms with Gasteiger partial charge < -0.3 is 14.7 Å². The predicted octanol–water partition coefficient (Wildman–Crippen LogP) is 5.00. The van der Waals surface area contributed by atoms with Crippen LogP contribution in [0.1, 0.15) is 18.7 Å². The Bertz CT molecular complexity index is 674. The van der Waals surface area contributed by atoms with Gasteiger partial charge in [-0.2, -0.15) is 0 Å². The fraction of sp³-hybridized carbons (Fsp3) is 0.286. The van der Waals surface area contributed by atoms with Crippen LogP contribution in [0.5, 0.6) is 16.7 Å². The van der Waals surface area contributed by atoms with Crippen molar-refractivity contribution in [3.8, 4) is 16.7 Å². The predicted molar refractivity (Wildman–Crippen MR) is 88.1 cm³/mol. The van der Waals surface area contributed by atoms with Crippen LogP contribution in [0.4, 0.5) is 0 Å².